The van der Waals surface area contributed by atoms with Gasteiger partial charge in [0, 0.05) is 12.6 Å². The maximum Gasteiger partial charge on any atom is 0.0275 e. The van der Waals surface area contributed by atoms with Gasteiger partial charge in [-0.05, 0) is 53.5 Å². The summed E-state index contributed by atoms with van der Waals surface area (Å²) < 4.78 is 0. The van der Waals surface area contributed by atoms with E-state index in [9.17, 15) is 0 Å². The summed E-state index contributed by atoms with van der Waals surface area (Å²) in [6.45, 7) is 25.7. The van der Waals surface area contributed by atoms with Crippen LogP contribution in [0, 0.1) is 5.92 Å². The Morgan fingerprint density at radius 2 is 1.44 bits per heavy atom. The number of nitrogens with zero attached hydrogens (tertiary/aromatic N) is 1. The quantitative estimate of drug-likeness (QED) is 0.400. The average Bonchev–Trinajstić information content (AvgIpc) is 2.66. The fourth-order valence-electron chi connectivity index (χ4n) is 1.64. The molecule has 2 unspecified atom stereocenters. The van der Waals surface area contributed by atoms with Crippen LogP contribution in [0.3, 0.4) is 0 Å². The predicted octanol–water partition coefficient (Wildman–Crippen LogP) is 8.07. The molecule has 0 fully saturated rings. The number of rotatable bonds is 8. The summed E-state index contributed by atoms with van der Waals surface area (Å²) in [5, 5.41) is 0. The second-order valence-corrected chi connectivity index (χ2v) is 5.56. The van der Waals surface area contributed by atoms with Crippen LogP contribution in [0.5, 0.6) is 0 Å². The molecule has 0 saturated heterocycles. The molecule has 0 aliphatic heterocycles. The standard InChI is InChI=1S/C16H29N.C4H8.2C2H6/c1-7-9-13-17(6)16(8-2)12-10-11-15(5)14(3)4;1-3-4-2;2*1-2/h7,9-10,12,15-16H,3,8,11,13H2,1-2,4-6H3;3-4H,1-2H3;2*1-2H3/b9-7+,12-10+;4-3-;;. The second kappa shape index (κ2) is 27.8. The van der Waals surface area contributed by atoms with Crippen molar-refractivity contribution in [2.45, 2.75) is 88.1 Å². The first-order chi connectivity index (χ1) is 11.9. The average molecular weight is 352 g/mol. The van der Waals surface area contributed by atoms with Gasteiger partial charge < -0.3 is 0 Å². The fourth-order valence-corrected chi connectivity index (χ4v) is 1.64. The number of allylic oxidation sites excluding steroid dienone is 5. The molecule has 0 aliphatic rings. The SMILES string of the molecule is C/C=C\C.C=C(C)C(C)C/C=C/C(CC)N(C)C/C=C/C.CC.CC. The Bertz CT molecular complexity index is 319. The Hall–Kier alpha value is -1.08. The van der Waals surface area contributed by atoms with Crippen molar-refractivity contribution in [2.24, 2.45) is 5.92 Å². The van der Waals surface area contributed by atoms with Gasteiger partial charge in [-0.3, -0.25) is 4.90 Å². The second-order valence-electron chi connectivity index (χ2n) is 5.56. The molecule has 0 aliphatic carbocycles. The zero-order valence-electron chi connectivity index (χ0n) is 19.4. The molecule has 0 amide bonds. The third kappa shape index (κ3) is 25.3. The summed E-state index contributed by atoms with van der Waals surface area (Å²) in [5.74, 6) is 0.588. The van der Waals surface area contributed by atoms with E-state index in [1.165, 1.54) is 5.57 Å². The summed E-state index contributed by atoms with van der Waals surface area (Å²) in [6.07, 6.45) is 15.2. The summed E-state index contributed by atoms with van der Waals surface area (Å²) in [6, 6.07) is 0.545. The molecule has 0 aromatic heterocycles. The van der Waals surface area contributed by atoms with Gasteiger partial charge >= 0.3 is 0 Å². The minimum absolute atomic E-state index is 0.545. The monoisotopic (exact) mass is 351 g/mol. The van der Waals surface area contributed by atoms with Gasteiger partial charge in [0.15, 0.2) is 0 Å². The summed E-state index contributed by atoms with van der Waals surface area (Å²) in [4.78, 5) is 2.38. The zero-order valence-corrected chi connectivity index (χ0v) is 19.4. The molecule has 0 spiro atoms. The van der Waals surface area contributed by atoms with Crippen molar-refractivity contribution < 1.29 is 0 Å². The molecule has 150 valence electrons. The Labute approximate surface area is 161 Å². The number of likely N-dealkylation sites (N-methyl/N-ethyl adjacent to an activating group) is 1. The van der Waals surface area contributed by atoms with E-state index < -0.39 is 0 Å². The Morgan fingerprint density at radius 1 is 0.960 bits per heavy atom. The number of hydrogen-bond donors (Lipinski definition) is 0. The van der Waals surface area contributed by atoms with Gasteiger partial charge in [0.1, 0.15) is 0 Å². The molecule has 25 heavy (non-hydrogen) atoms. The predicted molar refractivity (Wildman–Crippen MR) is 122 cm³/mol. The first-order valence-electron chi connectivity index (χ1n) is 10.1. The molecule has 0 bridgehead atoms. The van der Waals surface area contributed by atoms with Crippen LogP contribution in [-0.2, 0) is 0 Å². The molecule has 0 heterocycles. The minimum atomic E-state index is 0.545. The molecule has 0 saturated carbocycles. The maximum absolute atomic E-state index is 4.00. The molecule has 0 N–H and O–H groups in total. The van der Waals surface area contributed by atoms with Gasteiger partial charge in [0.05, 0.1) is 0 Å². The van der Waals surface area contributed by atoms with Crippen molar-refractivity contribution in [2.75, 3.05) is 13.6 Å². The third-order valence-corrected chi connectivity index (χ3v) is 3.64. The molecule has 2 atom stereocenters. The van der Waals surface area contributed by atoms with E-state index >= 15 is 0 Å². The lowest BCUT2D eigenvalue weighted by Crippen LogP contribution is -2.29. The summed E-state index contributed by atoms with van der Waals surface area (Å²) in [5.41, 5.74) is 1.27. The highest BCUT2D eigenvalue weighted by Crippen LogP contribution is 2.13. The minimum Gasteiger partial charge on any atom is -0.296 e. The van der Waals surface area contributed by atoms with E-state index in [1.54, 1.807) is 0 Å². The first-order valence-corrected chi connectivity index (χ1v) is 10.1. The highest BCUT2D eigenvalue weighted by atomic mass is 15.1. The smallest absolute Gasteiger partial charge is 0.0275 e. The van der Waals surface area contributed by atoms with E-state index in [0.717, 1.165) is 19.4 Å². The van der Waals surface area contributed by atoms with Gasteiger partial charge in [0.2, 0.25) is 0 Å². The van der Waals surface area contributed by atoms with Crippen molar-refractivity contribution in [3.63, 3.8) is 0 Å². The van der Waals surface area contributed by atoms with E-state index in [2.05, 4.69) is 70.5 Å². The topological polar surface area (TPSA) is 3.24 Å². The van der Waals surface area contributed by atoms with Gasteiger partial charge in [-0.1, -0.05) is 90.2 Å². The molecular weight excluding hydrogens is 302 g/mol. The van der Waals surface area contributed by atoms with Crippen LogP contribution in [0.1, 0.15) is 82.1 Å². The Morgan fingerprint density at radius 3 is 1.76 bits per heavy atom. The van der Waals surface area contributed by atoms with Crippen molar-refractivity contribution in [3.05, 3.63) is 48.6 Å². The van der Waals surface area contributed by atoms with Gasteiger partial charge in [-0.2, -0.15) is 0 Å². The van der Waals surface area contributed by atoms with Crippen LogP contribution in [-0.4, -0.2) is 24.5 Å². The maximum atomic E-state index is 4.00. The summed E-state index contributed by atoms with van der Waals surface area (Å²) >= 11 is 0. The van der Waals surface area contributed by atoms with Crippen LogP contribution in [0.15, 0.2) is 48.6 Å². The van der Waals surface area contributed by atoms with Crippen molar-refractivity contribution in [1.29, 1.82) is 0 Å². The first kappa shape index (κ1) is 31.7. The lowest BCUT2D eigenvalue weighted by atomic mass is 10.00. The van der Waals surface area contributed by atoms with E-state index in [1.807, 2.05) is 53.7 Å². The number of hydrogen-bond acceptors (Lipinski definition) is 1. The van der Waals surface area contributed by atoms with Gasteiger partial charge in [0.25, 0.3) is 0 Å². The van der Waals surface area contributed by atoms with Crippen LogP contribution < -0.4 is 0 Å². The lowest BCUT2D eigenvalue weighted by Gasteiger charge is -2.23. The molecule has 0 rings (SSSR count). The fraction of sp³-hybridized carbons (Fsp3) is 0.667. The highest BCUT2D eigenvalue weighted by molar-refractivity contribution is 5.01. The van der Waals surface area contributed by atoms with E-state index in [0.29, 0.717) is 12.0 Å². The molecule has 1 heteroatoms. The highest BCUT2D eigenvalue weighted by Gasteiger charge is 2.07. The Kier molecular flexibility index (Phi) is 35.2. The van der Waals surface area contributed by atoms with Crippen LogP contribution in [0.2, 0.25) is 0 Å². The van der Waals surface area contributed by atoms with E-state index in [4.69, 9.17) is 0 Å². The molecular formula is C24H49N. The van der Waals surface area contributed by atoms with Crippen molar-refractivity contribution in [3.8, 4) is 0 Å². The van der Waals surface area contributed by atoms with Crippen LogP contribution in [0.25, 0.3) is 0 Å². The summed E-state index contributed by atoms with van der Waals surface area (Å²) in [7, 11) is 2.18. The molecule has 0 aromatic carbocycles. The van der Waals surface area contributed by atoms with Crippen molar-refractivity contribution >= 4 is 0 Å². The molecule has 0 radical (unpaired) electrons. The lowest BCUT2D eigenvalue weighted by molar-refractivity contribution is 0.304. The largest absolute Gasteiger partial charge is 0.296 e. The van der Waals surface area contributed by atoms with E-state index in [-0.39, 0.29) is 0 Å². The van der Waals surface area contributed by atoms with Gasteiger partial charge in [-0.15, -0.1) is 0 Å². The molecule has 1 nitrogen and oxygen atoms in total. The van der Waals surface area contributed by atoms with Gasteiger partial charge in [-0.25, -0.2) is 0 Å². The third-order valence-electron chi connectivity index (χ3n) is 3.64. The van der Waals surface area contributed by atoms with Crippen molar-refractivity contribution in [1.82, 2.24) is 4.90 Å². The zero-order chi connectivity index (χ0) is 20.7. The van der Waals surface area contributed by atoms with Crippen LogP contribution >= 0.6 is 0 Å². The Balaban J connectivity index is -0.000000234. The normalized spacial score (nSPS) is 12.8. The van der Waals surface area contributed by atoms with Crippen LogP contribution in [0.4, 0.5) is 0 Å². The molecule has 0 aromatic rings.